The predicted octanol–water partition coefficient (Wildman–Crippen LogP) is 0.395. The van der Waals surface area contributed by atoms with Gasteiger partial charge in [0.15, 0.2) is 9.84 Å². The zero-order chi connectivity index (χ0) is 12.2. The molecule has 0 spiro atoms. The number of carbonyl (C=O) groups is 1. The van der Waals surface area contributed by atoms with E-state index in [1.54, 1.807) is 18.2 Å². The molecule has 0 bridgehead atoms. The monoisotopic (exact) mass is 261 g/mol. The van der Waals surface area contributed by atoms with Gasteiger partial charge in [0.05, 0.1) is 11.5 Å². The summed E-state index contributed by atoms with van der Waals surface area (Å²) in [5, 5.41) is 10.6. The van der Waals surface area contributed by atoms with E-state index in [1.807, 2.05) is 0 Å². The number of carbonyl (C=O) groups excluding carboxylic acids is 1. The number of aliphatic carboxylic acids is 1. The first-order chi connectivity index (χ1) is 7.39. The maximum absolute atomic E-state index is 11.5. The summed E-state index contributed by atoms with van der Waals surface area (Å²) in [5.74, 6) is -1.99. The van der Waals surface area contributed by atoms with Crippen molar-refractivity contribution in [2.45, 2.75) is 12.2 Å². The smallest absolute Gasteiger partial charge is 0.154 e. The van der Waals surface area contributed by atoms with E-state index in [-0.39, 0.29) is 5.75 Å². The molecule has 4 nitrogen and oxygen atoms in total. The Kier molecular flexibility index (Phi) is 4.32. The summed E-state index contributed by atoms with van der Waals surface area (Å²) in [4.78, 5) is 10.2. The van der Waals surface area contributed by atoms with Crippen LogP contribution in [0.4, 0.5) is 0 Å². The quantitative estimate of drug-likeness (QED) is 0.769. The number of carboxylic acid groups (broad SMARTS) is 1. The van der Waals surface area contributed by atoms with Crippen LogP contribution in [0.1, 0.15) is 12.0 Å². The normalized spacial score (nSPS) is 11.3. The highest BCUT2D eigenvalue weighted by molar-refractivity contribution is 7.90. The molecule has 0 radical (unpaired) electrons. The molecule has 1 rings (SSSR count). The largest absolute Gasteiger partial charge is 0.550 e. The van der Waals surface area contributed by atoms with Gasteiger partial charge < -0.3 is 9.90 Å². The van der Waals surface area contributed by atoms with Crippen molar-refractivity contribution >= 4 is 27.4 Å². The maximum atomic E-state index is 11.5. The molecule has 0 unspecified atom stereocenters. The molecular weight excluding hydrogens is 252 g/mol. The fourth-order valence-electron chi connectivity index (χ4n) is 1.19. The van der Waals surface area contributed by atoms with Crippen molar-refractivity contribution in [1.29, 1.82) is 0 Å². The minimum atomic E-state index is -3.43. The molecule has 0 N–H and O–H groups in total. The number of rotatable bonds is 5. The topological polar surface area (TPSA) is 74.3 Å². The lowest BCUT2D eigenvalue weighted by molar-refractivity contribution is -0.305. The summed E-state index contributed by atoms with van der Waals surface area (Å²) in [6.07, 6.45) is -0.483. The highest BCUT2D eigenvalue weighted by Gasteiger charge is 2.12. The van der Waals surface area contributed by atoms with E-state index < -0.39 is 28.0 Å². The van der Waals surface area contributed by atoms with E-state index in [9.17, 15) is 18.3 Å². The number of sulfone groups is 1. The minimum Gasteiger partial charge on any atom is -0.550 e. The molecule has 0 saturated carbocycles. The van der Waals surface area contributed by atoms with Crippen LogP contribution < -0.4 is 5.11 Å². The second-order valence-electron chi connectivity index (χ2n) is 3.34. The first kappa shape index (κ1) is 13.0. The van der Waals surface area contributed by atoms with Crippen LogP contribution in [0.15, 0.2) is 24.3 Å². The number of hydrogen-bond donors (Lipinski definition) is 0. The van der Waals surface area contributed by atoms with Crippen LogP contribution in [0.5, 0.6) is 0 Å². The lowest BCUT2D eigenvalue weighted by Gasteiger charge is -2.05. The lowest BCUT2D eigenvalue weighted by atomic mass is 10.2. The van der Waals surface area contributed by atoms with Gasteiger partial charge in [-0.15, -0.1) is 0 Å². The Hall–Kier alpha value is -1.07. The molecule has 0 aromatic heterocycles. The van der Waals surface area contributed by atoms with Gasteiger partial charge in [0.1, 0.15) is 0 Å². The van der Waals surface area contributed by atoms with Gasteiger partial charge in [0.2, 0.25) is 0 Å². The summed E-state index contributed by atoms with van der Waals surface area (Å²) in [6.45, 7) is 0. The number of carboxylic acids is 1. The van der Waals surface area contributed by atoms with Crippen LogP contribution in [0.3, 0.4) is 0 Å². The van der Waals surface area contributed by atoms with E-state index >= 15 is 0 Å². The molecule has 0 aliphatic heterocycles. The van der Waals surface area contributed by atoms with Crippen LogP contribution in [0.25, 0.3) is 0 Å². The van der Waals surface area contributed by atoms with Crippen LogP contribution in [-0.2, 0) is 20.4 Å². The lowest BCUT2D eigenvalue weighted by Crippen LogP contribution is -2.25. The molecule has 1 aromatic carbocycles. The second-order valence-corrected chi connectivity index (χ2v) is 5.96. The van der Waals surface area contributed by atoms with E-state index in [4.69, 9.17) is 11.6 Å². The van der Waals surface area contributed by atoms with Gasteiger partial charge in [0.25, 0.3) is 0 Å². The maximum Gasteiger partial charge on any atom is 0.154 e. The molecule has 0 aliphatic rings. The van der Waals surface area contributed by atoms with Crippen molar-refractivity contribution < 1.29 is 18.3 Å². The molecular formula is C10H10ClO4S-. The number of benzene rings is 1. The Morgan fingerprint density at radius 2 is 2.06 bits per heavy atom. The molecule has 0 aliphatic carbocycles. The van der Waals surface area contributed by atoms with Gasteiger partial charge in [-0.2, -0.15) is 0 Å². The van der Waals surface area contributed by atoms with Crippen LogP contribution >= 0.6 is 11.6 Å². The molecule has 1 aromatic rings. The molecule has 0 saturated heterocycles. The van der Waals surface area contributed by atoms with Crippen molar-refractivity contribution in [1.82, 2.24) is 0 Å². The Labute approximate surface area is 98.8 Å². The molecule has 0 amide bonds. The summed E-state index contributed by atoms with van der Waals surface area (Å²) in [7, 11) is -3.43. The first-order valence-corrected chi connectivity index (χ1v) is 6.74. The number of hydrogen-bond acceptors (Lipinski definition) is 4. The van der Waals surface area contributed by atoms with Crippen molar-refractivity contribution in [3.05, 3.63) is 34.9 Å². The third-order valence-electron chi connectivity index (χ3n) is 1.89. The van der Waals surface area contributed by atoms with Gasteiger partial charge in [-0.05, 0) is 17.7 Å². The SMILES string of the molecule is O=C([O-])CCS(=O)(=O)Cc1cccc(Cl)c1. The molecule has 16 heavy (non-hydrogen) atoms. The third kappa shape index (κ3) is 4.63. The Morgan fingerprint density at radius 1 is 1.38 bits per heavy atom. The van der Waals surface area contributed by atoms with E-state index in [1.165, 1.54) is 6.07 Å². The highest BCUT2D eigenvalue weighted by Crippen LogP contribution is 2.13. The molecule has 0 fully saturated rings. The van der Waals surface area contributed by atoms with Crippen LogP contribution in [-0.4, -0.2) is 20.1 Å². The standard InChI is InChI=1S/C10H11ClO4S/c11-9-3-1-2-8(6-9)7-16(14,15)5-4-10(12)13/h1-3,6H,4-5,7H2,(H,12,13)/p-1. The summed E-state index contributed by atoms with van der Waals surface area (Å²) >= 11 is 5.70. The van der Waals surface area contributed by atoms with Gasteiger partial charge in [0, 0.05) is 17.4 Å². The Bertz CT molecular complexity index is 481. The summed E-state index contributed by atoms with van der Waals surface area (Å²) < 4.78 is 23.0. The van der Waals surface area contributed by atoms with E-state index in [0.29, 0.717) is 10.6 Å². The summed E-state index contributed by atoms with van der Waals surface area (Å²) in [6, 6.07) is 6.45. The van der Waals surface area contributed by atoms with Crippen molar-refractivity contribution in [2.24, 2.45) is 0 Å². The highest BCUT2D eigenvalue weighted by atomic mass is 35.5. The van der Waals surface area contributed by atoms with E-state index in [0.717, 1.165) is 0 Å². The van der Waals surface area contributed by atoms with Gasteiger partial charge in [-0.1, -0.05) is 23.7 Å². The fourth-order valence-corrected chi connectivity index (χ4v) is 2.71. The molecule has 0 atom stereocenters. The Morgan fingerprint density at radius 3 is 2.62 bits per heavy atom. The zero-order valence-electron chi connectivity index (χ0n) is 8.35. The average Bonchev–Trinajstić information content (AvgIpc) is 2.14. The fraction of sp³-hybridized carbons (Fsp3) is 0.300. The van der Waals surface area contributed by atoms with Gasteiger partial charge >= 0.3 is 0 Å². The van der Waals surface area contributed by atoms with Crippen LogP contribution in [0.2, 0.25) is 5.02 Å². The van der Waals surface area contributed by atoms with Crippen LogP contribution in [0, 0.1) is 0 Å². The minimum absolute atomic E-state index is 0.208. The molecule has 88 valence electrons. The van der Waals surface area contributed by atoms with Crippen molar-refractivity contribution in [3.63, 3.8) is 0 Å². The predicted molar refractivity (Wildman–Crippen MR) is 58.6 cm³/mol. The van der Waals surface area contributed by atoms with Crippen molar-refractivity contribution in [2.75, 3.05) is 5.75 Å². The molecule has 0 heterocycles. The first-order valence-electron chi connectivity index (χ1n) is 4.54. The van der Waals surface area contributed by atoms with Gasteiger partial charge in [-0.25, -0.2) is 8.42 Å². The number of halogens is 1. The Balaban J connectivity index is 2.69. The van der Waals surface area contributed by atoms with Gasteiger partial charge in [-0.3, -0.25) is 0 Å². The van der Waals surface area contributed by atoms with E-state index in [2.05, 4.69) is 0 Å². The molecule has 6 heteroatoms. The van der Waals surface area contributed by atoms with Crippen molar-refractivity contribution in [3.8, 4) is 0 Å². The second kappa shape index (κ2) is 5.32. The average molecular weight is 262 g/mol. The third-order valence-corrected chi connectivity index (χ3v) is 3.73. The zero-order valence-corrected chi connectivity index (χ0v) is 9.92. The summed E-state index contributed by atoms with van der Waals surface area (Å²) in [5.41, 5.74) is 0.547.